The highest BCUT2D eigenvalue weighted by Gasteiger charge is 2.18. The van der Waals surface area contributed by atoms with Crippen LogP contribution in [0.5, 0.6) is 0 Å². The first-order valence-electron chi connectivity index (χ1n) is 6.69. The number of ether oxygens (including phenoxy) is 1. The zero-order valence-electron chi connectivity index (χ0n) is 12.1. The summed E-state index contributed by atoms with van der Waals surface area (Å²) in [7, 11) is 0. The van der Waals surface area contributed by atoms with Gasteiger partial charge < -0.3 is 9.64 Å². The van der Waals surface area contributed by atoms with Gasteiger partial charge in [0.05, 0.1) is 18.8 Å². The lowest BCUT2D eigenvalue weighted by Crippen LogP contribution is -2.41. The summed E-state index contributed by atoms with van der Waals surface area (Å²) in [6, 6.07) is 0. The van der Waals surface area contributed by atoms with Crippen LogP contribution in [0, 0.1) is 0 Å². The molecule has 1 fully saturated rings. The van der Waals surface area contributed by atoms with Gasteiger partial charge in [0.1, 0.15) is 0 Å². The zero-order chi connectivity index (χ0) is 14.3. The maximum absolute atomic E-state index is 11.9. The molecule has 1 aliphatic heterocycles. The minimum absolute atomic E-state index is 0.116. The Balaban J connectivity index is 2.24. The Morgan fingerprint density at radius 1 is 1.37 bits per heavy atom. The fourth-order valence-corrected chi connectivity index (χ4v) is 1.83. The maximum atomic E-state index is 11.9. The Hall–Kier alpha value is -1.14. The fraction of sp³-hybridized carbons (Fsp3) is 0.846. The Morgan fingerprint density at radius 3 is 2.53 bits per heavy atom. The van der Waals surface area contributed by atoms with Crippen molar-refractivity contribution in [2.24, 2.45) is 0 Å². The third-order valence-corrected chi connectivity index (χ3v) is 2.64. The van der Waals surface area contributed by atoms with Crippen LogP contribution in [0.15, 0.2) is 0 Å². The van der Waals surface area contributed by atoms with Gasteiger partial charge in [0, 0.05) is 26.1 Å². The second kappa shape index (κ2) is 7.45. The van der Waals surface area contributed by atoms with E-state index in [0.717, 1.165) is 0 Å². The lowest BCUT2D eigenvalue weighted by Gasteiger charge is -2.28. The molecule has 0 aromatic rings. The van der Waals surface area contributed by atoms with Crippen molar-refractivity contribution >= 4 is 12.3 Å². The smallest absolute Gasteiger partial charge is 0.233 e. The van der Waals surface area contributed by atoms with Crippen molar-refractivity contribution in [1.29, 1.82) is 0 Å². The zero-order valence-corrected chi connectivity index (χ0v) is 12.1. The van der Waals surface area contributed by atoms with E-state index in [1.807, 2.05) is 20.8 Å². The van der Waals surface area contributed by atoms with E-state index in [1.54, 1.807) is 4.90 Å². The summed E-state index contributed by atoms with van der Waals surface area (Å²) in [6.07, 6.45) is 1.69. The molecule has 0 unspecified atom stereocenters. The number of rotatable bonds is 6. The van der Waals surface area contributed by atoms with Crippen LogP contribution in [0.2, 0.25) is 0 Å². The van der Waals surface area contributed by atoms with Gasteiger partial charge in [0.2, 0.25) is 12.3 Å². The van der Waals surface area contributed by atoms with Crippen LogP contribution in [-0.4, -0.2) is 60.7 Å². The molecule has 1 aliphatic rings. The molecule has 0 saturated carbocycles. The first-order valence-corrected chi connectivity index (χ1v) is 6.69. The Morgan fingerprint density at radius 2 is 2.00 bits per heavy atom. The number of hydrogen-bond acceptors (Lipinski definition) is 4. The second-order valence-electron chi connectivity index (χ2n) is 5.55. The lowest BCUT2D eigenvalue weighted by molar-refractivity contribution is -0.216. The summed E-state index contributed by atoms with van der Waals surface area (Å²) < 4.78 is 5.20. The first-order chi connectivity index (χ1) is 8.92. The minimum Gasteiger partial charge on any atom is -0.378 e. The summed E-state index contributed by atoms with van der Waals surface area (Å²) in [6.45, 7) is 8.60. The van der Waals surface area contributed by atoms with Crippen LogP contribution >= 0.6 is 0 Å². The van der Waals surface area contributed by atoms with Crippen molar-refractivity contribution < 1.29 is 19.2 Å². The summed E-state index contributed by atoms with van der Waals surface area (Å²) in [5.74, 6) is 0.116. The van der Waals surface area contributed by atoms with Crippen molar-refractivity contribution in [2.45, 2.75) is 39.2 Å². The van der Waals surface area contributed by atoms with E-state index >= 15 is 0 Å². The highest BCUT2D eigenvalue weighted by atomic mass is 16.7. The summed E-state index contributed by atoms with van der Waals surface area (Å²) in [4.78, 5) is 30.0. The standard InChI is InChI=1S/C13H24N2O4/c1-13(2,3)19-15(11-16)6-4-5-12(17)14-7-9-18-10-8-14/h11H,4-10H2,1-3H3. The number of hydrogen-bond donors (Lipinski definition) is 0. The lowest BCUT2D eigenvalue weighted by atomic mass is 10.2. The molecular weight excluding hydrogens is 248 g/mol. The van der Waals surface area contributed by atoms with E-state index < -0.39 is 5.60 Å². The molecule has 0 atom stereocenters. The summed E-state index contributed by atoms with van der Waals surface area (Å²) in [5, 5.41) is 1.26. The Bertz CT molecular complexity index is 296. The fourth-order valence-electron chi connectivity index (χ4n) is 1.83. The van der Waals surface area contributed by atoms with Crippen LogP contribution in [-0.2, 0) is 19.2 Å². The van der Waals surface area contributed by atoms with Gasteiger partial charge in [-0.1, -0.05) is 0 Å². The van der Waals surface area contributed by atoms with Gasteiger partial charge in [-0.3, -0.25) is 14.4 Å². The van der Waals surface area contributed by atoms with Gasteiger partial charge in [-0.05, 0) is 27.2 Å². The molecule has 110 valence electrons. The van der Waals surface area contributed by atoms with Gasteiger partial charge in [-0.2, -0.15) is 0 Å². The number of nitrogens with zero attached hydrogens (tertiary/aromatic N) is 2. The van der Waals surface area contributed by atoms with Crippen LogP contribution in [0.3, 0.4) is 0 Å². The van der Waals surface area contributed by atoms with Crippen LogP contribution in [0.25, 0.3) is 0 Å². The molecule has 6 nitrogen and oxygen atoms in total. The third kappa shape index (κ3) is 6.54. The molecule has 0 aromatic carbocycles. The van der Waals surface area contributed by atoms with E-state index in [0.29, 0.717) is 52.1 Å². The Labute approximate surface area is 114 Å². The molecule has 0 spiro atoms. The van der Waals surface area contributed by atoms with Gasteiger partial charge in [-0.25, -0.2) is 5.06 Å². The average Bonchev–Trinajstić information content (AvgIpc) is 2.37. The van der Waals surface area contributed by atoms with Crippen molar-refractivity contribution in [2.75, 3.05) is 32.8 Å². The SMILES string of the molecule is CC(C)(C)ON(C=O)CCCC(=O)N1CCOCC1. The molecule has 0 N–H and O–H groups in total. The van der Waals surface area contributed by atoms with Gasteiger partial charge in [-0.15, -0.1) is 0 Å². The van der Waals surface area contributed by atoms with E-state index in [4.69, 9.17) is 9.57 Å². The Kier molecular flexibility index (Phi) is 6.24. The number of morpholine rings is 1. The topological polar surface area (TPSA) is 59.1 Å². The van der Waals surface area contributed by atoms with E-state index in [-0.39, 0.29) is 5.91 Å². The quantitative estimate of drug-likeness (QED) is 0.530. The molecule has 1 saturated heterocycles. The van der Waals surface area contributed by atoms with E-state index in [2.05, 4.69) is 0 Å². The molecule has 0 radical (unpaired) electrons. The third-order valence-electron chi connectivity index (χ3n) is 2.64. The average molecular weight is 272 g/mol. The summed E-state index contributed by atoms with van der Waals surface area (Å²) in [5.41, 5.74) is -0.408. The largest absolute Gasteiger partial charge is 0.378 e. The summed E-state index contributed by atoms with van der Waals surface area (Å²) >= 11 is 0. The normalized spacial score (nSPS) is 16.3. The van der Waals surface area contributed by atoms with Crippen molar-refractivity contribution in [3.63, 3.8) is 0 Å². The molecule has 0 bridgehead atoms. The predicted molar refractivity (Wildman–Crippen MR) is 70.2 cm³/mol. The number of amides is 2. The predicted octanol–water partition coefficient (Wildman–Crippen LogP) is 0.814. The first kappa shape index (κ1) is 15.9. The molecule has 0 aliphatic carbocycles. The minimum atomic E-state index is -0.408. The highest BCUT2D eigenvalue weighted by Crippen LogP contribution is 2.10. The monoisotopic (exact) mass is 272 g/mol. The van der Waals surface area contributed by atoms with Crippen LogP contribution in [0.1, 0.15) is 33.6 Å². The van der Waals surface area contributed by atoms with Gasteiger partial charge in [0.15, 0.2) is 0 Å². The van der Waals surface area contributed by atoms with Gasteiger partial charge in [0.25, 0.3) is 0 Å². The molecule has 2 amide bonds. The van der Waals surface area contributed by atoms with Crippen LogP contribution in [0.4, 0.5) is 0 Å². The molecule has 0 aromatic heterocycles. The molecule has 1 rings (SSSR count). The van der Waals surface area contributed by atoms with Crippen molar-refractivity contribution in [3.8, 4) is 0 Å². The molecule has 6 heteroatoms. The molecule has 1 heterocycles. The maximum Gasteiger partial charge on any atom is 0.233 e. The highest BCUT2D eigenvalue weighted by molar-refractivity contribution is 5.76. The number of carbonyl (C=O) groups is 2. The molecule has 19 heavy (non-hydrogen) atoms. The number of carbonyl (C=O) groups excluding carboxylic acids is 2. The van der Waals surface area contributed by atoms with Crippen molar-refractivity contribution in [3.05, 3.63) is 0 Å². The second-order valence-corrected chi connectivity index (χ2v) is 5.55. The molecular formula is C13H24N2O4. The van der Waals surface area contributed by atoms with Crippen molar-refractivity contribution in [1.82, 2.24) is 9.96 Å². The number of hydroxylamine groups is 2. The van der Waals surface area contributed by atoms with Crippen LogP contribution < -0.4 is 0 Å². The van der Waals surface area contributed by atoms with E-state index in [9.17, 15) is 9.59 Å². The van der Waals surface area contributed by atoms with Gasteiger partial charge >= 0.3 is 0 Å². The van der Waals surface area contributed by atoms with E-state index in [1.165, 1.54) is 5.06 Å².